The Morgan fingerprint density at radius 2 is 2.15 bits per heavy atom. The van der Waals surface area contributed by atoms with E-state index in [1.165, 1.54) is 49.7 Å². The maximum absolute atomic E-state index is 5.55. The van der Waals surface area contributed by atoms with E-state index in [9.17, 15) is 0 Å². The lowest BCUT2D eigenvalue weighted by Gasteiger charge is -2.32. The third-order valence-corrected chi connectivity index (χ3v) is 5.73. The van der Waals surface area contributed by atoms with Gasteiger partial charge in [-0.3, -0.25) is 0 Å². The maximum Gasteiger partial charge on any atom is 0.122 e. The molecule has 110 valence electrons. The second-order valence-corrected chi connectivity index (χ2v) is 6.85. The van der Waals surface area contributed by atoms with Crippen molar-refractivity contribution in [3.63, 3.8) is 0 Å². The highest BCUT2D eigenvalue weighted by Crippen LogP contribution is 2.48. The number of methoxy groups -OCH3 is 1. The minimum absolute atomic E-state index is 0.879. The lowest BCUT2D eigenvalue weighted by atomic mass is 9.74. The minimum atomic E-state index is 0.879. The van der Waals surface area contributed by atoms with Gasteiger partial charge >= 0.3 is 0 Å². The van der Waals surface area contributed by atoms with E-state index in [2.05, 4.69) is 18.2 Å². The van der Waals surface area contributed by atoms with Crippen LogP contribution in [0.5, 0.6) is 5.75 Å². The van der Waals surface area contributed by atoms with Crippen LogP contribution in [0, 0.1) is 17.8 Å². The van der Waals surface area contributed by atoms with Gasteiger partial charge in [0.1, 0.15) is 28.8 Å². The van der Waals surface area contributed by atoms with Crippen molar-refractivity contribution in [2.24, 2.45) is 17.8 Å². The quantitative estimate of drug-likeness (QED) is 0.545. The number of halogens is 1. The van der Waals surface area contributed by atoms with Crippen LogP contribution < -0.4 is 4.74 Å². The average Bonchev–Trinajstić information content (AvgIpc) is 2.87. The SMILES string of the molecule is COc1cccc2c1C[C@H]1CCC(CCCOI)[C@H]1C2. The zero-order valence-corrected chi connectivity index (χ0v) is 14.3. The number of ether oxygens (including phenoxy) is 1. The highest BCUT2D eigenvalue weighted by Gasteiger charge is 2.39. The number of benzene rings is 1. The molecule has 3 heteroatoms. The largest absolute Gasteiger partial charge is 0.496 e. The summed E-state index contributed by atoms with van der Waals surface area (Å²) in [4.78, 5) is 0. The molecular formula is C17H23IO2. The Labute approximate surface area is 135 Å². The van der Waals surface area contributed by atoms with E-state index in [-0.39, 0.29) is 0 Å². The summed E-state index contributed by atoms with van der Waals surface area (Å²) in [5.74, 6) is 3.78. The first-order chi connectivity index (χ1) is 9.83. The van der Waals surface area contributed by atoms with Gasteiger partial charge in [0.25, 0.3) is 0 Å². The van der Waals surface area contributed by atoms with Crippen LogP contribution in [0.15, 0.2) is 18.2 Å². The van der Waals surface area contributed by atoms with E-state index in [1.54, 1.807) is 7.11 Å². The summed E-state index contributed by atoms with van der Waals surface area (Å²) in [6, 6.07) is 6.56. The normalized spacial score (nSPS) is 28.0. The van der Waals surface area contributed by atoms with Crippen LogP contribution in [0.4, 0.5) is 0 Å². The molecule has 0 N–H and O–H groups in total. The second-order valence-electron chi connectivity index (χ2n) is 6.22. The molecule has 0 spiro atoms. The van der Waals surface area contributed by atoms with Gasteiger partial charge in [-0.25, -0.2) is 0 Å². The van der Waals surface area contributed by atoms with Gasteiger partial charge in [-0.2, -0.15) is 0 Å². The number of hydrogen-bond donors (Lipinski definition) is 0. The summed E-state index contributed by atoms with van der Waals surface area (Å²) in [5.41, 5.74) is 3.01. The van der Waals surface area contributed by atoms with E-state index >= 15 is 0 Å². The van der Waals surface area contributed by atoms with E-state index in [4.69, 9.17) is 7.80 Å². The Balaban J connectivity index is 1.73. The summed E-state index contributed by atoms with van der Waals surface area (Å²) in [5, 5.41) is 0. The lowest BCUT2D eigenvalue weighted by molar-refractivity contribution is 0.261. The first-order valence-corrected chi connectivity index (χ1v) is 8.60. The van der Waals surface area contributed by atoms with Gasteiger partial charge in [0.2, 0.25) is 0 Å². The summed E-state index contributed by atoms with van der Waals surface area (Å²) in [6.45, 7) is 0.902. The van der Waals surface area contributed by atoms with Gasteiger partial charge in [-0.15, -0.1) is 0 Å². The smallest absolute Gasteiger partial charge is 0.122 e. The standard InChI is InChI=1S/C17H23IO2/c1-19-17-6-2-4-13-10-15-12(5-3-9-20-18)7-8-14(15)11-16(13)17/h2,4,6,12,14-15H,3,5,7-11H2,1H3/t12?,14-,15-/m1/s1. The van der Waals surface area contributed by atoms with Crippen molar-refractivity contribution in [2.45, 2.75) is 38.5 Å². The van der Waals surface area contributed by atoms with E-state index in [0.717, 1.165) is 30.1 Å². The van der Waals surface area contributed by atoms with Crippen LogP contribution >= 0.6 is 23.0 Å². The van der Waals surface area contributed by atoms with Crippen LogP contribution in [-0.4, -0.2) is 13.7 Å². The Kier molecular flexibility index (Phi) is 4.87. The molecule has 1 unspecified atom stereocenters. The van der Waals surface area contributed by atoms with Crippen LogP contribution in [-0.2, 0) is 15.9 Å². The fourth-order valence-corrected chi connectivity index (χ4v) is 4.64. The molecule has 0 radical (unpaired) electrons. The molecule has 0 aromatic heterocycles. The third kappa shape index (κ3) is 2.84. The third-order valence-electron chi connectivity index (χ3n) is 5.29. The molecule has 3 rings (SSSR count). The molecule has 1 fully saturated rings. The number of hydrogen-bond acceptors (Lipinski definition) is 2. The van der Waals surface area contributed by atoms with Gasteiger partial charge in [0.05, 0.1) is 13.7 Å². The highest BCUT2D eigenvalue weighted by molar-refractivity contribution is 14.1. The summed E-state index contributed by atoms with van der Waals surface area (Å²) in [6.07, 6.45) is 7.84. The minimum Gasteiger partial charge on any atom is -0.496 e. The van der Waals surface area contributed by atoms with Crippen molar-refractivity contribution in [1.82, 2.24) is 0 Å². The molecule has 2 nitrogen and oxygen atoms in total. The monoisotopic (exact) mass is 386 g/mol. The molecule has 0 aliphatic heterocycles. The van der Waals surface area contributed by atoms with Gasteiger partial charge in [-0.1, -0.05) is 12.1 Å². The van der Waals surface area contributed by atoms with Gasteiger partial charge in [0, 0.05) is 0 Å². The summed E-state index contributed by atoms with van der Waals surface area (Å²) < 4.78 is 10.7. The maximum atomic E-state index is 5.55. The average molecular weight is 386 g/mol. The molecule has 0 saturated heterocycles. The van der Waals surface area contributed by atoms with Crippen LogP contribution in [0.2, 0.25) is 0 Å². The molecule has 0 heterocycles. The predicted octanol–water partition coefficient (Wildman–Crippen LogP) is 4.58. The van der Waals surface area contributed by atoms with E-state index < -0.39 is 0 Å². The molecule has 0 amide bonds. The van der Waals surface area contributed by atoms with Crippen molar-refractivity contribution >= 4 is 23.0 Å². The number of rotatable bonds is 5. The van der Waals surface area contributed by atoms with Crippen LogP contribution in [0.1, 0.15) is 36.8 Å². The highest BCUT2D eigenvalue weighted by atomic mass is 127. The Bertz CT molecular complexity index is 460. The summed E-state index contributed by atoms with van der Waals surface area (Å²) >= 11 is 2.01. The fourth-order valence-electron chi connectivity index (χ4n) is 4.33. The first-order valence-electron chi connectivity index (χ1n) is 7.71. The molecule has 20 heavy (non-hydrogen) atoms. The summed E-state index contributed by atoms with van der Waals surface area (Å²) in [7, 11) is 1.79. The second kappa shape index (κ2) is 6.65. The van der Waals surface area contributed by atoms with Crippen LogP contribution in [0.25, 0.3) is 0 Å². The fraction of sp³-hybridized carbons (Fsp3) is 0.647. The van der Waals surface area contributed by atoms with Crippen molar-refractivity contribution in [3.05, 3.63) is 29.3 Å². The molecule has 2 aliphatic rings. The van der Waals surface area contributed by atoms with Gasteiger partial charge < -0.3 is 7.80 Å². The molecule has 2 aliphatic carbocycles. The van der Waals surface area contributed by atoms with Crippen LogP contribution in [0.3, 0.4) is 0 Å². The Morgan fingerprint density at radius 3 is 2.95 bits per heavy atom. The predicted molar refractivity (Wildman–Crippen MR) is 89.3 cm³/mol. The van der Waals surface area contributed by atoms with Gasteiger partial charge in [0.15, 0.2) is 0 Å². The molecule has 1 aromatic carbocycles. The Hall–Kier alpha value is -0.290. The molecule has 0 bridgehead atoms. The van der Waals surface area contributed by atoms with Crippen molar-refractivity contribution in [3.8, 4) is 5.75 Å². The number of fused-ring (bicyclic) bond motifs is 2. The van der Waals surface area contributed by atoms with Crippen molar-refractivity contribution in [1.29, 1.82) is 0 Å². The van der Waals surface area contributed by atoms with Gasteiger partial charge in [-0.05, 0) is 73.5 Å². The van der Waals surface area contributed by atoms with Crippen molar-refractivity contribution < 1.29 is 7.80 Å². The zero-order valence-electron chi connectivity index (χ0n) is 12.1. The molecular weight excluding hydrogens is 363 g/mol. The van der Waals surface area contributed by atoms with E-state index in [1.807, 2.05) is 23.0 Å². The Morgan fingerprint density at radius 1 is 1.25 bits per heavy atom. The molecule has 3 atom stereocenters. The topological polar surface area (TPSA) is 18.5 Å². The molecule has 1 aromatic rings. The van der Waals surface area contributed by atoms with E-state index in [0.29, 0.717) is 0 Å². The first kappa shape index (κ1) is 14.6. The molecule has 1 saturated carbocycles. The lowest BCUT2D eigenvalue weighted by Crippen LogP contribution is -2.25. The van der Waals surface area contributed by atoms with Crippen molar-refractivity contribution in [2.75, 3.05) is 13.7 Å². The zero-order chi connectivity index (χ0) is 13.9.